The van der Waals surface area contributed by atoms with Crippen LogP contribution in [-0.2, 0) is 4.79 Å². The van der Waals surface area contributed by atoms with E-state index in [2.05, 4.69) is 17.1 Å². The number of carbonyl (C=O) groups excluding carboxylic acids is 1. The normalized spacial score (nSPS) is 10.2. The molecule has 1 heterocycles. The highest BCUT2D eigenvalue weighted by Crippen LogP contribution is 2.28. The van der Waals surface area contributed by atoms with Gasteiger partial charge in [0.25, 0.3) is 0 Å². The molecule has 13 heavy (non-hydrogen) atoms. The quantitative estimate of drug-likeness (QED) is 0.777. The Bertz CT molecular complexity index is 288. The molecule has 2 N–H and O–H groups in total. The summed E-state index contributed by atoms with van der Waals surface area (Å²) in [6.07, 6.45) is 0. The lowest BCUT2D eigenvalue weighted by Gasteiger charge is -1.89. The van der Waals surface area contributed by atoms with Crippen LogP contribution in [0, 0.1) is 0 Å². The summed E-state index contributed by atoms with van der Waals surface area (Å²) in [6, 6.07) is 0. The Kier molecular flexibility index (Phi) is 4.54. The van der Waals surface area contributed by atoms with E-state index in [0.29, 0.717) is 0 Å². The zero-order chi connectivity index (χ0) is 9.68. The van der Waals surface area contributed by atoms with E-state index in [1.165, 1.54) is 23.1 Å². The average Bonchev–Trinajstić information content (AvgIpc) is 2.50. The van der Waals surface area contributed by atoms with Crippen LogP contribution in [0.3, 0.4) is 0 Å². The summed E-state index contributed by atoms with van der Waals surface area (Å²) >= 11 is 4.47. The van der Waals surface area contributed by atoms with Crippen molar-refractivity contribution in [3.05, 3.63) is 0 Å². The fraction of sp³-hybridized carbons (Fsp3) is 0.500. The van der Waals surface area contributed by atoms with Crippen molar-refractivity contribution in [3.63, 3.8) is 0 Å². The highest BCUT2D eigenvalue weighted by atomic mass is 32.2. The average molecular weight is 235 g/mol. The van der Waals surface area contributed by atoms with E-state index in [0.717, 1.165) is 14.4 Å². The minimum atomic E-state index is -0.329. The third-order valence-corrected chi connectivity index (χ3v) is 4.09. The second-order valence-corrected chi connectivity index (χ2v) is 5.73. The molecule has 1 aromatic rings. The molecule has 1 aromatic heterocycles. The lowest BCUT2D eigenvalue weighted by atomic mass is 10.8. The minimum absolute atomic E-state index is 0.269. The van der Waals surface area contributed by atoms with Crippen molar-refractivity contribution in [3.8, 4) is 0 Å². The molecule has 0 saturated carbocycles. The summed E-state index contributed by atoms with van der Waals surface area (Å²) < 4.78 is 1.74. The predicted octanol–water partition coefficient (Wildman–Crippen LogP) is 1.23. The first kappa shape index (κ1) is 10.8. The lowest BCUT2D eigenvalue weighted by molar-refractivity contribution is -0.115. The molecule has 0 atom stereocenters. The Labute approximate surface area is 88.7 Å². The van der Waals surface area contributed by atoms with Crippen LogP contribution in [-0.4, -0.2) is 27.6 Å². The number of hydrogen-bond donors (Lipinski definition) is 1. The van der Waals surface area contributed by atoms with Crippen LogP contribution in [0.1, 0.15) is 6.92 Å². The maximum absolute atomic E-state index is 10.5. The van der Waals surface area contributed by atoms with Crippen LogP contribution >= 0.6 is 34.9 Å². The molecule has 0 unspecified atom stereocenters. The SMILES string of the molecule is CCSc1nnc(SCC(N)=O)s1. The number of amides is 1. The standard InChI is InChI=1S/C6H9N3OS3/c1-2-11-5-8-9-6(13-5)12-3-4(7)10/h2-3H2,1H3,(H2,7,10). The molecule has 0 aliphatic carbocycles. The summed E-state index contributed by atoms with van der Waals surface area (Å²) in [5.41, 5.74) is 5.00. The van der Waals surface area contributed by atoms with Crippen LogP contribution in [0.15, 0.2) is 8.68 Å². The summed E-state index contributed by atoms with van der Waals surface area (Å²) in [5, 5.41) is 7.85. The molecule has 1 rings (SSSR count). The van der Waals surface area contributed by atoms with Gasteiger partial charge in [0.2, 0.25) is 5.91 Å². The fourth-order valence-corrected chi connectivity index (χ4v) is 3.23. The fourth-order valence-electron chi connectivity index (χ4n) is 0.570. The minimum Gasteiger partial charge on any atom is -0.369 e. The maximum Gasteiger partial charge on any atom is 0.227 e. The van der Waals surface area contributed by atoms with Gasteiger partial charge in [-0.05, 0) is 5.75 Å². The van der Waals surface area contributed by atoms with Crippen molar-refractivity contribution < 1.29 is 4.79 Å². The number of nitrogens with zero attached hydrogens (tertiary/aromatic N) is 2. The van der Waals surface area contributed by atoms with Gasteiger partial charge in [-0.3, -0.25) is 4.79 Å². The number of hydrogen-bond acceptors (Lipinski definition) is 6. The third-order valence-electron chi connectivity index (χ3n) is 0.994. The molecule has 0 saturated heterocycles. The molecule has 4 nitrogen and oxygen atoms in total. The Morgan fingerprint density at radius 3 is 2.62 bits per heavy atom. The molecule has 72 valence electrons. The molecular formula is C6H9N3OS3. The van der Waals surface area contributed by atoms with Crippen LogP contribution in [0.25, 0.3) is 0 Å². The lowest BCUT2D eigenvalue weighted by Crippen LogP contribution is -2.12. The van der Waals surface area contributed by atoms with E-state index >= 15 is 0 Å². The van der Waals surface area contributed by atoms with Gasteiger partial charge in [-0.25, -0.2) is 0 Å². The van der Waals surface area contributed by atoms with Crippen molar-refractivity contribution >= 4 is 40.8 Å². The van der Waals surface area contributed by atoms with Crippen molar-refractivity contribution in [1.29, 1.82) is 0 Å². The Morgan fingerprint density at radius 1 is 1.46 bits per heavy atom. The van der Waals surface area contributed by atoms with Crippen LogP contribution in [0.4, 0.5) is 0 Å². The Balaban J connectivity index is 2.44. The van der Waals surface area contributed by atoms with Crippen molar-refractivity contribution in [2.45, 2.75) is 15.6 Å². The van der Waals surface area contributed by atoms with E-state index in [9.17, 15) is 4.79 Å². The van der Waals surface area contributed by atoms with Crippen LogP contribution in [0.5, 0.6) is 0 Å². The molecule has 1 amide bonds. The number of aromatic nitrogens is 2. The number of rotatable bonds is 5. The van der Waals surface area contributed by atoms with E-state index < -0.39 is 0 Å². The van der Waals surface area contributed by atoms with Gasteiger partial charge in [0.1, 0.15) is 0 Å². The van der Waals surface area contributed by atoms with Gasteiger partial charge >= 0.3 is 0 Å². The molecule has 0 bridgehead atoms. The topological polar surface area (TPSA) is 68.9 Å². The molecule has 0 fully saturated rings. The van der Waals surface area contributed by atoms with Crippen molar-refractivity contribution in [2.75, 3.05) is 11.5 Å². The summed E-state index contributed by atoms with van der Waals surface area (Å²) in [6.45, 7) is 2.06. The van der Waals surface area contributed by atoms with E-state index in [1.807, 2.05) is 0 Å². The number of nitrogens with two attached hydrogens (primary N) is 1. The molecule has 7 heteroatoms. The van der Waals surface area contributed by atoms with Gasteiger partial charge in [-0.1, -0.05) is 41.8 Å². The zero-order valence-corrected chi connectivity index (χ0v) is 9.47. The number of carbonyl (C=O) groups is 1. The number of thioether (sulfide) groups is 2. The highest BCUT2D eigenvalue weighted by Gasteiger charge is 2.05. The predicted molar refractivity (Wildman–Crippen MR) is 56.2 cm³/mol. The van der Waals surface area contributed by atoms with E-state index in [1.54, 1.807) is 11.8 Å². The zero-order valence-electron chi connectivity index (χ0n) is 7.02. The Hall–Kier alpha value is -0.270. The monoisotopic (exact) mass is 235 g/mol. The van der Waals surface area contributed by atoms with Crippen molar-refractivity contribution in [1.82, 2.24) is 10.2 Å². The first-order chi connectivity index (χ1) is 6.22. The van der Waals surface area contributed by atoms with E-state index in [-0.39, 0.29) is 11.7 Å². The first-order valence-corrected chi connectivity index (χ1v) is 6.38. The van der Waals surface area contributed by atoms with Gasteiger partial charge in [-0.2, -0.15) is 0 Å². The van der Waals surface area contributed by atoms with E-state index in [4.69, 9.17) is 5.73 Å². The summed E-state index contributed by atoms with van der Waals surface area (Å²) in [5.74, 6) is 0.922. The molecule has 0 aromatic carbocycles. The summed E-state index contributed by atoms with van der Waals surface area (Å²) in [4.78, 5) is 10.5. The summed E-state index contributed by atoms with van der Waals surface area (Å²) in [7, 11) is 0. The van der Waals surface area contributed by atoms with Gasteiger partial charge in [0.05, 0.1) is 5.75 Å². The smallest absolute Gasteiger partial charge is 0.227 e. The van der Waals surface area contributed by atoms with Gasteiger partial charge in [0, 0.05) is 0 Å². The molecule has 0 spiro atoms. The third kappa shape index (κ3) is 3.97. The Morgan fingerprint density at radius 2 is 2.08 bits per heavy atom. The van der Waals surface area contributed by atoms with Crippen LogP contribution < -0.4 is 5.73 Å². The van der Waals surface area contributed by atoms with Gasteiger partial charge in [-0.15, -0.1) is 10.2 Å². The van der Waals surface area contributed by atoms with Crippen LogP contribution in [0.2, 0.25) is 0 Å². The molecule has 0 radical (unpaired) electrons. The molecule has 0 aliphatic heterocycles. The molecule has 0 aliphatic rings. The second-order valence-electron chi connectivity index (χ2n) is 2.02. The highest BCUT2D eigenvalue weighted by molar-refractivity contribution is 8.03. The largest absolute Gasteiger partial charge is 0.369 e. The second kappa shape index (κ2) is 5.46. The number of primary amides is 1. The maximum atomic E-state index is 10.5. The van der Waals surface area contributed by atoms with Gasteiger partial charge in [0.15, 0.2) is 8.68 Å². The van der Waals surface area contributed by atoms with Crippen molar-refractivity contribution in [2.24, 2.45) is 5.73 Å². The first-order valence-electron chi connectivity index (χ1n) is 3.59. The van der Waals surface area contributed by atoms with Gasteiger partial charge < -0.3 is 5.73 Å². The molecular weight excluding hydrogens is 226 g/mol.